The van der Waals surface area contributed by atoms with Gasteiger partial charge in [-0.1, -0.05) is 42.8 Å². The second-order valence-electron chi connectivity index (χ2n) is 5.82. The van der Waals surface area contributed by atoms with E-state index in [0.717, 1.165) is 22.8 Å². The summed E-state index contributed by atoms with van der Waals surface area (Å²) in [4.78, 5) is 24.3. The van der Waals surface area contributed by atoms with E-state index < -0.39 is 11.9 Å². The molecule has 0 heterocycles. The molecule has 0 aromatic heterocycles. The summed E-state index contributed by atoms with van der Waals surface area (Å²) in [5.41, 5.74) is 1.63. The molecular weight excluding hydrogens is 264 g/mol. The molecule has 1 aliphatic carbocycles. The average molecular weight is 282 g/mol. The van der Waals surface area contributed by atoms with E-state index in [0.29, 0.717) is 18.4 Å². The molecule has 3 rings (SSSR count). The molecule has 2 aromatic carbocycles. The maximum Gasteiger partial charge on any atom is 0.307 e. The van der Waals surface area contributed by atoms with Gasteiger partial charge in [-0.3, -0.25) is 9.59 Å². The lowest BCUT2D eigenvalue weighted by Gasteiger charge is -2.17. The molecule has 3 nitrogen and oxygen atoms in total. The summed E-state index contributed by atoms with van der Waals surface area (Å²) in [6.45, 7) is 1.92. The van der Waals surface area contributed by atoms with E-state index in [-0.39, 0.29) is 11.7 Å². The highest BCUT2D eigenvalue weighted by Gasteiger charge is 2.38. The number of rotatable bonds is 3. The van der Waals surface area contributed by atoms with Crippen LogP contribution in [-0.4, -0.2) is 16.9 Å². The van der Waals surface area contributed by atoms with Crippen molar-refractivity contribution in [3.63, 3.8) is 0 Å². The van der Waals surface area contributed by atoms with Gasteiger partial charge in [-0.2, -0.15) is 0 Å². The van der Waals surface area contributed by atoms with Gasteiger partial charge in [-0.15, -0.1) is 0 Å². The van der Waals surface area contributed by atoms with Crippen molar-refractivity contribution >= 4 is 22.5 Å². The summed E-state index contributed by atoms with van der Waals surface area (Å²) in [6.07, 6.45) is 2.10. The molecule has 0 aliphatic heterocycles. The minimum atomic E-state index is -0.844. The molecule has 0 amide bonds. The standard InChI is InChI=1S/C18H18O3/c1-11-9-10-12-5-2-3-6-13(12)16(11)17(19)14-7-4-8-15(14)18(20)21/h2-3,5-6,9-10,14-15H,4,7-8H2,1H3,(H,20,21). The van der Waals surface area contributed by atoms with Crippen LogP contribution in [0, 0.1) is 18.8 Å². The van der Waals surface area contributed by atoms with Crippen molar-refractivity contribution in [2.24, 2.45) is 11.8 Å². The first-order valence-electron chi connectivity index (χ1n) is 7.35. The molecule has 2 unspecified atom stereocenters. The Balaban J connectivity index is 2.09. The fourth-order valence-corrected chi connectivity index (χ4v) is 3.46. The van der Waals surface area contributed by atoms with Crippen LogP contribution in [0.3, 0.4) is 0 Å². The number of carbonyl (C=O) groups is 2. The molecule has 2 atom stereocenters. The lowest BCUT2D eigenvalue weighted by Crippen LogP contribution is -2.26. The van der Waals surface area contributed by atoms with E-state index in [2.05, 4.69) is 0 Å². The predicted octanol–water partition coefficient (Wildman–Crippen LogP) is 3.83. The molecular formula is C18H18O3. The van der Waals surface area contributed by atoms with Crippen LogP contribution in [0.5, 0.6) is 0 Å². The number of fused-ring (bicyclic) bond motifs is 1. The summed E-state index contributed by atoms with van der Waals surface area (Å²) < 4.78 is 0. The lowest BCUT2D eigenvalue weighted by molar-refractivity contribution is -0.142. The third-order valence-electron chi connectivity index (χ3n) is 4.55. The number of benzene rings is 2. The largest absolute Gasteiger partial charge is 0.481 e. The van der Waals surface area contributed by atoms with E-state index in [4.69, 9.17) is 0 Å². The molecule has 21 heavy (non-hydrogen) atoms. The molecule has 108 valence electrons. The van der Waals surface area contributed by atoms with Crippen molar-refractivity contribution in [3.8, 4) is 0 Å². The van der Waals surface area contributed by atoms with Crippen LogP contribution in [-0.2, 0) is 4.79 Å². The van der Waals surface area contributed by atoms with Gasteiger partial charge in [-0.05, 0) is 36.1 Å². The van der Waals surface area contributed by atoms with Crippen LogP contribution < -0.4 is 0 Å². The van der Waals surface area contributed by atoms with Gasteiger partial charge >= 0.3 is 5.97 Å². The van der Waals surface area contributed by atoms with E-state index >= 15 is 0 Å². The first kappa shape index (κ1) is 13.8. The Hall–Kier alpha value is -2.16. The summed E-state index contributed by atoms with van der Waals surface area (Å²) >= 11 is 0. The van der Waals surface area contributed by atoms with Crippen molar-refractivity contribution in [2.45, 2.75) is 26.2 Å². The number of carboxylic acids is 1. The number of hydrogen-bond donors (Lipinski definition) is 1. The monoisotopic (exact) mass is 282 g/mol. The smallest absolute Gasteiger partial charge is 0.307 e. The first-order chi connectivity index (χ1) is 10.1. The third-order valence-corrected chi connectivity index (χ3v) is 4.55. The van der Waals surface area contributed by atoms with E-state index in [1.165, 1.54) is 0 Å². The Kier molecular flexibility index (Phi) is 3.50. The highest BCUT2D eigenvalue weighted by molar-refractivity contribution is 6.11. The number of ketones is 1. The molecule has 0 bridgehead atoms. The number of hydrogen-bond acceptors (Lipinski definition) is 2. The minimum absolute atomic E-state index is 0.00537. The van der Waals surface area contributed by atoms with Crippen molar-refractivity contribution in [1.82, 2.24) is 0 Å². The number of carbonyl (C=O) groups excluding carboxylic acids is 1. The highest BCUT2D eigenvalue weighted by Crippen LogP contribution is 2.36. The second-order valence-corrected chi connectivity index (χ2v) is 5.82. The number of Topliss-reactive ketones (excluding diaryl/α,β-unsaturated/α-hetero) is 1. The fourth-order valence-electron chi connectivity index (χ4n) is 3.46. The van der Waals surface area contributed by atoms with Crippen LogP contribution in [0.4, 0.5) is 0 Å². The average Bonchev–Trinajstić information content (AvgIpc) is 2.96. The summed E-state index contributed by atoms with van der Waals surface area (Å²) in [7, 11) is 0. The number of carboxylic acid groups (broad SMARTS) is 1. The number of aliphatic carboxylic acids is 1. The molecule has 0 spiro atoms. The molecule has 1 saturated carbocycles. The van der Waals surface area contributed by atoms with Crippen molar-refractivity contribution in [3.05, 3.63) is 47.5 Å². The van der Waals surface area contributed by atoms with Crippen LogP contribution >= 0.6 is 0 Å². The van der Waals surface area contributed by atoms with Crippen molar-refractivity contribution < 1.29 is 14.7 Å². The molecule has 0 saturated heterocycles. The zero-order valence-electron chi connectivity index (χ0n) is 12.0. The van der Waals surface area contributed by atoms with Gasteiger partial charge in [0.25, 0.3) is 0 Å². The van der Waals surface area contributed by atoms with Crippen LogP contribution in [0.15, 0.2) is 36.4 Å². The Morgan fingerprint density at radius 2 is 1.76 bits per heavy atom. The highest BCUT2D eigenvalue weighted by atomic mass is 16.4. The van der Waals surface area contributed by atoms with Gasteiger partial charge in [0.2, 0.25) is 0 Å². The Morgan fingerprint density at radius 3 is 2.52 bits per heavy atom. The minimum Gasteiger partial charge on any atom is -0.481 e. The quantitative estimate of drug-likeness (QED) is 0.870. The van der Waals surface area contributed by atoms with Gasteiger partial charge in [0, 0.05) is 11.5 Å². The summed E-state index contributed by atoms with van der Waals surface area (Å²) in [6, 6.07) is 11.7. The van der Waals surface area contributed by atoms with Gasteiger partial charge in [0.05, 0.1) is 5.92 Å². The first-order valence-corrected chi connectivity index (χ1v) is 7.35. The maximum atomic E-state index is 12.9. The predicted molar refractivity (Wildman–Crippen MR) is 81.5 cm³/mol. The third kappa shape index (κ3) is 2.33. The molecule has 1 fully saturated rings. The second kappa shape index (κ2) is 5.32. The number of aryl methyl sites for hydroxylation is 1. The van der Waals surface area contributed by atoms with Gasteiger partial charge in [-0.25, -0.2) is 0 Å². The van der Waals surface area contributed by atoms with Crippen LogP contribution in [0.1, 0.15) is 35.2 Å². The molecule has 1 aliphatic rings. The van der Waals surface area contributed by atoms with Gasteiger partial charge < -0.3 is 5.11 Å². The maximum absolute atomic E-state index is 12.9. The van der Waals surface area contributed by atoms with Gasteiger partial charge in [0.1, 0.15) is 0 Å². The zero-order valence-corrected chi connectivity index (χ0v) is 12.0. The summed E-state index contributed by atoms with van der Waals surface area (Å²) in [5.74, 6) is -1.76. The SMILES string of the molecule is Cc1ccc2ccccc2c1C(=O)C1CCCC1C(=O)O. The zero-order chi connectivity index (χ0) is 15.0. The van der Waals surface area contributed by atoms with Crippen molar-refractivity contribution in [2.75, 3.05) is 0 Å². The van der Waals surface area contributed by atoms with Crippen molar-refractivity contribution in [1.29, 1.82) is 0 Å². The molecule has 1 N–H and O–H groups in total. The Morgan fingerprint density at radius 1 is 1.05 bits per heavy atom. The van der Waals surface area contributed by atoms with Crippen LogP contribution in [0.25, 0.3) is 10.8 Å². The molecule has 0 radical (unpaired) electrons. The van der Waals surface area contributed by atoms with E-state index in [9.17, 15) is 14.7 Å². The Bertz CT molecular complexity index is 717. The lowest BCUT2D eigenvalue weighted by atomic mass is 9.85. The topological polar surface area (TPSA) is 54.4 Å². The van der Waals surface area contributed by atoms with E-state index in [1.54, 1.807) is 0 Å². The van der Waals surface area contributed by atoms with E-state index in [1.807, 2.05) is 43.3 Å². The molecule has 3 heteroatoms. The molecule has 2 aromatic rings. The fraction of sp³-hybridized carbons (Fsp3) is 0.333. The van der Waals surface area contributed by atoms with Crippen LogP contribution in [0.2, 0.25) is 0 Å². The normalized spacial score (nSPS) is 21.6. The summed E-state index contributed by atoms with van der Waals surface area (Å²) in [5, 5.41) is 11.3. The van der Waals surface area contributed by atoms with Gasteiger partial charge in [0.15, 0.2) is 5.78 Å². The Labute approximate surface area is 123 Å².